The van der Waals surface area contributed by atoms with Gasteiger partial charge in [0.1, 0.15) is 10.7 Å². The molecule has 0 aliphatic carbocycles. The second-order valence-corrected chi connectivity index (χ2v) is 5.65. The van der Waals surface area contributed by atoms with Crippen molar-refractivity contribution in [1.29, 1.82) is 0 Å². The van der Waals surface area contributed by atoms with E-state index in [4.69, 9.17) is 0 Å². The molecule has 0 aromatic carbocycles. The summed E-state index contributed by atoms with van der Waals surface area (Å²) in [6.45, 7) is 9.67. The summed E-state index contributed by atoms with van der Waals surface area (Å²) in [5, 5.41) is 8.71. The first-order valence-electron chi connectivity index (χ1n) is 6.37. The molecule has 1 aromatic heterocycles. The number of nitrogens with one attached hydrogen (secondary N) is 1. The second kappa shape index (κ2) is 7.61. The highest BCUT2D eigenvalue weighted by Gasteiger charge is 2.10. The molecule has 98 valence electrons. The average Bonchev–Trinajstić information content (AvgIpc) is 2.71. The number of nitrogens with zero attached hydrogens (tertiary/aromatic N) is 3. The number of rotatable bonds is 8. The average molecular weight is 256 g/mol. The zero-order valence-corrected chi connectivity index (χ0v) is 12.2. The zero-order chi connectivity index (χ0) is 12.7. The van der Waals surface area contributed by atoms with Gasteiger partial charge in [0, 0.05) is 24.6 Å². The minimum absolute atomic E-state index is 0.753. The molecule has 0 fully saturated rings. The van der Waals surface area contributed by atoms with E-state index in [-0.39, 0.29) is 0 Å². The van der Waals surface area contributed by atoms with Gasteiger partial charge in [0.2, 0.25) is 0 Å². The largest absolute Gasteiger partial charge is 0.374 e. The maximum absolute atomic E-state index is 4.20. The summed E-state index contributed by atoms with van der Waals surface area (Å²) in [6, 6.07) is 0. The van der Waals surface area contributed by atoms with E-state index in [9.17, 15) is 0 Å². The van der Waals surface area contributed by atoms with Crippen LogP contribution in [0.15, 0.2) is 0 Å². The lowest BCUT2D eigenvalue weighted by Crippen LogP contribution is -2.21. The van der Waals surface area contributed by atoms with Gasteiger partial charge >= 0.3 is 0 Å². The Kier molecular flexibility index (Phi) is 6.44. The minimum atomic E-state index is 0.753. The first-order valence-corrected chi connectivity index (χ1v) is 7.14. The molecule has 1 aromatic rings. The third kappa shape index (κ3) is 5.46. The fourth-order valence-corrected chi connectivity index (χ4v) is 2.10. The summed E-state index contributed by atoms with van der Waals surface area (Å²) in [4.78, 5) is 2.31. The Bertz CT molecular complexity index is 311. The molecule has 1 N–H and O–H groups in total. The van der Waals surface area contributed by atoms with Crippen molar-refractivity contribution in [3.05, 3.63) is 5.69 Å². The lowest BCUT2D eigenvalue weighted by atomic mass is 10.1. The molecule has 1 heterocycles. The van der Waals surface area contributed by atoms with E-state index in [2.05, 4.69) is 47.6 Å². The lowest BCUT2D eigenvalue weighted by molar-refractivity contribution is 0.300. The van der Waals surface area contributed by atoms with Crippen LogP contribution < -0.4 is 5.32 Å². The van der Waals surface area contributed by atoms with Gasteiger partial charge in [-0.25, -0.2) is 0 Å². The first kappa shape index (κ1) is 14.4. The van der Waals surface area contributed by atoms with Gasteiger partial charge in [-0.3, -0.25) is 0 Å². The number of anilines is 1. The van der Waals surface area contributed by atoms with E-state index < -0.39 is 0 Å². The van der Waals surface area contributed by atoms with Crippen LogP contribution in [0.1, 0.15) is 39.3 Å². The number of hydrogen-bond donors (Lipinski definition) is 1. The smallest absolute Gasteiger partial charge is 0.134 e. The minimum Gasteiger partial charge on any atom is -0.374 e. The van der Waals surface area contributed by atoms with Crippen LogP contribution in [0.4, 0.5) is 5.00 Å². The van der Waals surface area contributed by atoms with Gasteiger partial charge in [-0.05, 0) is 32.4 Å². The maximum Gasteiger partial charge on any atom is 0.134 e. The summed E-state index contributed by atoms with van der Waals surface area (Å²) in [6.07, 6.45) is 2.35. The van der Waals surface area contributed by atoms with E-state index in [0.717, 1.165) is 42.7 Å². The highest BCUT2D eigenvalue weighted by atomic mass is 32.1. The van der Waals surface area contributed by atoms with E-state index in [1.54, 1.807) is 0 Å². The molecular formula is C12H24N4S. The van der Waals surface area contributed by atoms with E-state index in [0.29, 0.717) is 0 Å². The fourth-order valence-electron chi connectivity index (χ4n) is 1.50. The topological polar surface area (TPSA) is 41.1 Å². The molecule has 0 spiro atoms. The van der Waals surface area contributed by atoms with Crippen LogP contribution in [0.25, 0.3) is 0 Å². The quantitative estimate of drug-likeness (QED) is 0.776. The molecule has 0 unspecified atom stereocenters. The molecule has 0 saturated carbocycles. The molecule has 0 radical (unpaired) electrons. The monoisotopic (exact) mass is 256 g/mol. The highest BCUT2D eigenvalue weighted by molar-refractivity contribution is 7.10. The normalized spacial score (nSPS) is 11.4. The van der Waals surface area contributed by atoms with Crippen molar-refractivity contribution in [1.82, 2.24) is 14.5 Å². The molecule has 1 rings (SSSR count). The van der Waals surface area contributed by atoms with Gasteiger partial charge in [0.15, 0.2) is 0 Å². The Morgan fingerprint density at radius 2 is 2.18 bits per heavy atom. The molecule has 0 bridgehead atoms. The predicted octanol–water partition coefficient (Wildman–Crippen LogP) is 2.84. The SMILES string of the molecule is CCCNc1snnc1CN(C)CCC(C)C. The van der Waals surface area contributed by atoms with Crippen LogP contribution in [-0.4, -0.2) is 34.6 Å². The Labute approximate surface area is 109 Å². The first-order chi connectivity index (χ1) is 8.13. The number of aromatic nitrogens is 2. The molecule has 0 amide bonds. The van der Waals surface area contributed by atoms with Gasteiger partial charge in [-0.1, -0.05) is 25.3 Å². The van der Waals surface area contributed by atoms with Crippen LogP contribution in [0, 0.1) is 5.92 Å². The summed E-state index contributed by atoms with van der Waals surface area (Å²) < 4.78 is 4.03. The van der Waals surface area contributed by atoms with Crippen molar-refractivity contribution in [2.24, 2.45) is 5.92 Å². The van der Waals surface area contributed by atoms with Crippen LogP contribution in [0.5, 0.6) is 0 Å². The van der Waals surface area contributed by atoms with Crippen molar-refractivity contribution < 1.29 is 0 Å². The molecule has 0 saturated heterocycles. The van der Waals surface area contributed by atoms with Crippen molar-refractivity contribution >= 4 is 16.5 Å². The molecule has 0 atom stereocenters. The maximum atomic E-state index is 4.20. The Morgan fingerprint density at radius 1 is 1.41 bits per heavy atom. The Balaban J connectivity index is 2.41. The van der Waals surface area contributed by atoms with Gasteiger partial charge in [-0.15, -0.1) is 5.10 Å². The molecule has 0 aliphatic rings. The molecular weight excluding hydrogens is 232 g/mol. The Hall–Kier alpha value is -0.680. The standard InChI is InChI=1S/C12H24N4S/c1-5-7-13-12-11(14-15-17-12)9-16(4)8-6-10(2)3/h10,13H,5-9H2,1-4H3. The number of hydrogen-bond acceptors (Lipinski definition) is 5. The Morgan fingerprint density at radius 3 is 2.82 bits per heavy atom. The van der Waals surface area contributed by atoms with Crippen molar-refractivity contribution in [2.45, 2.75) is 40.2 Å². The van der Waals surface area contributed by atoms with Crippen LogP contribution in [-0.2, 0) is 6.54 Å². The van der Waals surface area contributed by atoms with Crippen molar-refractivity contribution in [2.75, 3.05) is 25.5 Å². The van der Waals surface area contributed by atoms with Crippen molar-refractivity contribution in [3.63, 3.8) is 0 Å². The summed E-state index contributed by atoms with van der Waals surface area (Å²) in [5.41, 5.74) is 1.08. The summed E-state index contributed by atoms with van der Waals surface area (Å²) in [7, 11) is 2.14. The van der Waals surface area contributed by atoms with Gasteiger partial charge in [0.25, 0.3) is 0 Å². The van der Waals surface area contributed by atoms with E-state index >= 15 is 0 Å². The summed E-state index contributed by atoms with van der Waals surface area (Å²) >= 11 is 1.46. The van der Waals surface area contributed by atoms with E-state index in [1.807, 2.05) is 0 Å². The molecule has 17 heavy (non-hydrogen) atoms. The van der Waals surface area contributed by atoms with Gasteiger partial charge < -0.3 is 10.2 Å². The molecule has 5 heteroatoms. The van der Waals surface area contributed by atoms with Gasteiger partial charge in [-0.2, -0.15) is 0 Å². The van der Waals surface area contributed by atoms with Crippen LogP contribution in [0.2, 0.25) is 0 Å². The second-order valence-electron chi connectivity index (χ2n) is 4.90. The fraction of sp³-hybridized carbons (Fsp3) is 0.833. The summed E-state index contributed by atoms with van der Waals surface area (Å²) in [5.74, 6) is 0.753. The van der Waals surface area contributed by atoms with Crippen LogP contribution >= 0.6 is 11.5 Å². The third-order valence-electron chi connectivity index (χ3n) is 2.60. The third-order valence-corrected chi connectivity index (χ3v) is 3.32. The predicted molar refractivity (Wildman–Crippen MR) is 74.5 cm³/mol. The molecule has 4 nitrogen and oxygen atoms in total. The van der Waals surface area contributed by atoms with Gasteiger partial charge in [0.05, 0.1) is 0 Å². The van der Waals surface area contributed by atoms with Crippen LogP contribution in [0.3, 0.4) is 0 Å². The lowest BCUT2D eigenvalue weighted by Gasteiger charge is -2.17. The zero-order valence-electron chi connectivity index (χ0n) is 11.4. The molecule has 0 aliphatic heterocycles. The van der Waals surface area contributed by atoms with E-state index in [1.165, 1.54) is 18.0 Å². The highest BCUT2D eigenvalue weighted by Crippen LogP contribution is 2.19. The van der Waals surface area contributed by atoms with Crippen molar-refractivity contribution in [3.8, 4) is 0 Å².